The third-order valence-electron chi connectivity index (χ3n) is 5.62. The summed E-state index contributed by atoms with van der Waals surface area (Å²) in [6.07, 6.45) is 6.53. The summed E-state index contributed by atoms with van der Waals surface area (Å²) in [5.74, 6) is 7.65. The molecule has 22 heavy (non-hydrogen) atoms. The molecule has 0 atom stereocenters. The van der Waals surface area contributed by atoms with Gasteiger partial charge < -0.3 is 4.90 Å². The molecule has 2 aliphatic heterocycles. The van der Waals surface area contributed by atoms with Crippen LogP contribution in [0.15, 0.2) is 0 Å². The summed E-state index contributed by atoms with van der Waals surface area (Å²) in [7, 11) is 0. The van der Waals surface area contributed by atoms with Gasteiger partial charge in [-0.3, -0.25) is 9.69 Å². The van der Waals surface area contributed by atoms with E-state index < -0.39 is 0 Å². The van der Waals surface area contributed by atoms with Gasteiger partial charge in [-0.1, -0.05) is 33.6 Å². The van der Waals surface area contributed by atoms with Crippen LogP contribution in [0.2, 0.25) is 0 Å². The van der Waals surface area contributed by atoms with Crippen molar-refractivity contribution in [1.29, 1.82) is 0 Å². The predicted octanol–water partition coefficient (Wildman–Crippen LogP) is 3.01. The fourth-order valence-electron chi connectivity index (χ4n) is 4.11. The van der Waals surface area contributed by atoms with Crippen molar-refractivity contribution in [1.82, 2.24) is 9.80 Å². The monoisotopic (exact) mass is 304 g/mol. The van der Waals surface area contributed by atoms with Crippen LogP contribution in [-0.2, 0) is 4.79 Å². The van der Waals surface area contributed by atoms with Crippen LogP contribution in [0.5, 0.6) is 0 Å². The number of amides is 1. The number of likely N-dealkylation sites (tertiary alicyclic amines) is 2. The number of rotatable bonds is 2. The van der Waals surface area contributed by atoms with Crippen molar-refractivity contribution in [3.63, 3.8) is 0 Å². The molecule has 0 aromatic carbocycles. The van der Waals surface area contributed by atoms with Gasteiger partial charge in [-0.05, 0) is 56.5 Å². The Hall–Kier alpha value is -1.01. The molecule has 3 fully saturated rings. The average molecular weight is 304 g/mol. The van der Waals surface area contributed by atoms with Crippen LogP contribution >= 0.6 is 0 Å². The maximum absolute atomic E-state index is 12.0. The SMILES string of the molecule is C.CC(C)C1CC2(C1)CN(C(=O)C#CCN1CCCCC1)C2. The number of piperidine rings is 1. The number of nitrogens with zero attached hydrogens (tertiary/aromatic N) is 2. The highest BCUT2D eigenvalue weighted by atomic mass is 16.2. The first kappa shape index (κ1) is 17.3. The number of carbonyl (C=O) groups excluding carboxylic acids is 1. The Balaban J connectivity index is 0.00000176. The summed E-state index contributed by atoms with van der Waals surface area (Å²) in [6.45, 7) is 9.58. The first-order chi connectivity index (χ1) is 10.1. The van der Waals surface area contributed by atoms with Gasteiger partial charge in [-0.2, -0.15) is 0 Å². The minimum Gasteiger partial charge on any atom is -0.331 e. The third-order valence-corrected chi connectivity index (χ3v) is 5.62. The fourth-order valence-corrected chi connectivity index (χ4v) is 4.11. The molecule has 3 aliphatic rings. The molecule has 0 bridgehead atoms. The second kappa shape index (κ2) is 7.04. The highest BCUT2D eigenvalue weighted by molar-refractivity contribution is 5.94. The molecule has 1 aliphatic carbocycles. The normalized spacial score (nSPS) is 24.0. The highest BCUT2D eigenvalue weighted by Gasteiger charge is 2.53. The molecule has 2 heterocycles. The Labute approximate surface area is 136 Å². The molecule has 3 rings (SSSR count). The lowest BCUT2D eigenvalue weighted by Crippen LogP contribution is -2.64. The fraction of sp³-hybridized carbons (Fsp3) is 0.842. The smallest absolute Gasteiger partial charge is 0.298 e. The molecule has 0 radical (unpaired) electrons. The van der Waals surface area contributed by atoms with Crippen LogP contribution in [0, 0.1) is 29.1 Å². The number of hydrogen-bond donors (Lipinski definition) is 0. The van der Waals surface area contributed by atoms with E-state index in [0.717, 1.165) is 44.6 Å². The van der Waals surface area contributed by atoms with E-state index in [1.807, 2.05) is 4.90 Å². The summed E-state index contributed by atoms with van der Waals surface area (Å²) < 4.78 is 0. The molecule has 2 saturated heterocycles. The highest BCUT2D eigenvalue weighted by Crippen LogP contribution is 2.54. The van der Waals surface area contributed by atoms with Crippen molar-refractivity contribution in [2.75, 3.05) is 32.7 Å². The molecule has 3 heteroatoms. The van der Waals surface area contributed by atoms with Crippen molar-refractivity contribution < 1.29 is 4.79 Å². The lowest BCUT2D eigenvalue weighted by atomic mass is 9.55. The molecule has 124 valence electrons. The summed E-state index contributed by atoms with van der Waals surface area (Å²) in [5, 5.41) is 0. The second-order valence-electron chi connectivity index (χ2n) is 7.71. The van der Waals surface area contributed by atoms with Crippen LogP contribution in [0.4, 0.5) is 0 Å². The van der Waals surface area contributed by atoms with Crippen LogP contribution in [-0.4, -0.2) is 48.4 Å². The summed E-state index contributed by atoms with van der Waals surface area (Å²) in [6, 6.07) is 0. The van der Waals surface area contributed by atoms with Gasteiger partial charge >= 0.3 is 0 Å². The van der Waals surface area contributed by atoms with E-state index >= 15 is 0 Å². The van der Waals surface area contributed by atoms with Crippen molar-refractivity contribution in [3.05, 3.63) is 0 Å². The van der Waals surface area contributed by atoms with Gasteiger partial charge in [0, 0.05) is 18.5 Å². The zero-order valence-electron chi connectivity index (χ0n) is 13.5. The van der Waals surface area contributed by atoms with Crippen LogP contribution < -0.4 is 0 Å². The Kier molecular flexibility index (Phi) is 5.55. The number of hydrogen-bond acceptors (Lipinski definition) is 2. The summed E-state index contributed by atoms with van der Waals surface area (Å²) in [4.78, 5) is 16.3. The molecule has 1 saturated carbocycles. The van der Waals surface area contributed by atoms with Gasteiger partial charge in [0.25, 0.3) is 5.91 Å². The molecule has 0 aromatic heterocycles. The van der Waals surface area contributed by atoms with Crippen LogP contribution in [0.1, 0.15) is 53.4 Å². The van der Waals surface area contributed by atoms with Crippen LogP contribution in [0.3, 0.4) is 0 Å². The molecule has 1 amide bonds. The summed E-state index contributed by atoms with van der Waals surface area (Å²) in [5.41, 5.74) is 0.471. The Morgan fingerprint density at radius 2 is 1.82 bits per heavy atom. The van der Waals surface area contributed by atoms with Crippen molar-refractivity contribution >= 4 is 5.91 Å². The van der Waals surface area contributed by atoms with E-state index in [0.29, 0.717) is 5.41 Å². The standard InChI is InChI=1S/C18H28N2O.CH4/c1-15(2)16-11-18(12-16)13-20(14-18)17(21)7-6-10-19-8-4-3-5-9-19;/h15-16H,3-5,8-14H2,1-2H3;1H4. The van der Waals surface area contributed by atoms with Crippen LogP contribution in [0.25, 0.3) is 0 Å². The largest absolute Gasteiger partial charge is 0.331 e. The molecular weight excluding hydrogens is 272 g/mol. The lowest BCUT2D eigenvalue weighted by Gasteiger charge is -2.59. The Morgan fingerprint density at radius 1 is 1.18 bits per heavy atom. The maximum Gasteiger partial charge on any atom is 0.298 e. The quantitative estimate of drug-likeness (QED) is 0.732. The van der Waals surface area contributed by atoms with Gasteiger partial charge in [-0.25, -0.2) is 0 Å². The number of carbonyl (C=O) groups is 1. The topological polar surface area (TPSA) is 23.6 Å². The van der Waals surface area contributed by atoms with E-state index in [4.69, 9.17) is 0 Å². The zero-order chi connectivity index (χ0) is 14.9. The first-order valence-corrected chi connectivity index (χ1v) is 8.58. The van der Waals surface area contributed by atoms with Gasteiger partial charge in [0.2, 0.25) is 0 Å². The first-order valence-electron chi connectivity index (χ1n) is 8.58. The van der Waals surface area contributed by atoms with E-state index in [-0.39, 0.29) is 13.3 Å². The van der Waals surface area contributed by atoms with Gasteiger partial charge in [-0.15, -0.1) is 0 Å². The van der Waals surface area contributed by atoms with E-state index in [1.165, 1.54) is 32.1 Å². The molecule has 0 N–H and O–H groups in total. The zero-order valence-corrected chi connectivity index (χ0v) is 13.5. The van der Waals surface area contributed by atoms with Gasteiger partial charge in [0.05, 0.1) is 6.54 Å². The molecule has 3 nitrogen and oxygen atoms in total. The van der Waals surface area contributed by atoms with Gasteiger partial charge in [0.1, 0.15) is 0 Å². The predicted molar refractivity (Wildman–Crippen MR) is 91.4 cm³/mol. The van der Waals surface area contributed by atoms with Crippen molar-refractivity contribution in [2.24, 2.45) is 17.3 Å². The Morgan fingerprint density at radius 3 is 2.41 bits per heavy atom. The second-order valence-corrected chi connectivity index (χ2v) is 7.71. The molecule has 1 spiro atoms. The molecular formula is C19H32N2O. The minimum atomic E-state index is 0. The van der Waals surface area contributed by atoms with Crippen molar-refractivity contribution in [3.8, 4) is 11.8 Å². The lowest BCUT2D eigenvalue weighted by molar-refractivity contribution is -0.151. The third kappa shape index (κ3) is 3.66. The average Bonchev–Trinajstić information content (AvgIpc) is 2.36. The summed E-state index contributed by atoms with van der Waals surface area (Å²) >= 11 is 0. The van der Waals surface area contributed by atoms with Gasteiger partial charge in [0.15, 0.2) is 0 Å². The minimum absolute atomic E-state index is 0. The molecule has 0 aromatic rings. The molecule has 0 unspecified atom stereocenters. The van der Waals surface area contributed by atoms with E-state index in [9.17, 15) is 4.79 Å². The van der Waals surface area contributed by atoms with E-state index in [2.05, 4.69) is 30.6 Å². The van der Waals surface area contributed by atoms with E-state index in [1.54, 1.807) is 0 Å². The Bertz CT molecular complexity index is 440. The van der Waals surface area contributed by atoms with Crippen molar-refractivity contribution in [2.45, 2.75) is 53.4 Å². The maximum atomic E-state index is 12.0.